The molecule has 1 atom stereocenters. The Morgan fingerprint density at radius 2 is 1.75 bits per heavy atom. The van der Waals surface area contributed by atoms with Crippen molar-refractivity contribution >= 4 is 15.9 Å². The summed E-state index contributed by atoms with van der Waals surface area (Å²) in [5.41, 5.74) is 4.30. The third-order valence-electron chi connectivity index (χ3n) is 4.18. The zero-order chi connectivity index (χ0) is 14.2. The second-order valence-corrected chi connectivity index (χ2v) is 6.83. The molecule has 0 fully saturated rings. The van der Waals surface area contributed by atoms with Gasteiger partial charge in [-0.25, -0.2) is 0 Å². The highest BCUT2D eigenvalue weighted by atomic mass is 79.9. The molecule has 1 aliphatic rings. The Labute approximate surface area is 128 Å². The van der Waals surface area contributed by atoms with Crippen molar-refractivity contribution in [3.8, 4) is 0 Å². The van der Waals surface area contributed by atoms with Gasteiger partial charge in [0.05, 0.1) is 5.60 Å². The van der Waals surface area contributed by atoms with Crippen LogP contribution >= 0.6 is 15.9 Å². The minimum absolute atomic E-state index is 0.655. The first-order valence-corrected chi connectivity index (χ1v) is 7.93. The molecule has 0 radical (unpaired) electrons. The smallest absolute Gasteiger partial charge is 0.0908 e. The summed E-state index contributed by atoms with van der Waals surface area (Å²) in [5.74, 6) is 0. The van der Waals surface area contributed by atoms with E-state index in [0.717, 1.165) is 10.0 Å². The number of benzene rings is 2. The third kappa shape index (κ3) is 2.82. The van der Waals surface area contributed by atoms with Crippen LogP contribution in [0, 0.1) is 0 Å². The number of aryl methyl sites for hydroxylation is 2. The van der Waals surface area contributed by atoms with Gasteiger partial charge in [0.2, 0.25) is 0 Å². The number of halogens is 1. The first-order chi connectivity index (χ1) is 9.54. The molecule has 0 aliphatic heterocycles. The Morgan fingerprint density at radius 3 is 2.50 bits per heavy atom. The molecule has 1 N–H and O–H groups in total. The molecule has 0 heterocycles. The summed E-state index contributed by atoms with van der Waals surface area (Å²) in [6, 6.07) is 14.6. The molecule has 0 bridgehead atoms. The summed E-state index contributed by atoms with van der Waals surface area (Å²) in [4.78, 5) is 0. The second kappa shape index (κ2) is 5.34. The van der Waals surface area contributed by atoms with Crippen LogP contribution in [0.2, 0.25) is 0 Å². The van der Waals surface area contributed by atoms with Crippen LogP contribution in [-0.2, 0) is 24.9 Å². The van der Waals surface area contributed by atoms with Crippen LogP contribution in [0.5, 0.6) is 0 Å². The Hall–Kier alpha value is -1.12. The van der Waals surface area contributed by atoms with Crippen LogP contribution in [0.15, 0.2) is 46.9 Å². The highest BCUT2D eigenvalue weighted by Crippen LogP contribution is 2.29. The van der Waals surface area contributed by atoms with E-state index in [1.807, 2.05) is 31.2 Å². The lowest BCUT2D eigenvalue weighted by atomic mass is 9.88. The molecule has 0 saturated heterocycles. The van der Waals surface area contributed by atoms with E-state index in [-0.39, 0.29) is 0 Å². The minimum atomic E-state index is -0.826. The molecular weight excluding hydrogens is 312 g/mol. The van der Waals surface area contributed by atoms with Gasteiger partial charge in [-0.15, -0.1) is 0 Å². The van der Waals surface area contributed by atoms with Gasteiger partial charge in [-0.05, 0) is 60.6 Å². The zero-order valence-corrected chi connectivity index (χ0v) is 13.3. The van der Waals surface area contributed by atoms with Crippen molar-refractivity contribution in [2.24, 2.45) is 0 Å². The largest absolute Gasteiger partial charge is 0.385 e. The predicted molar refractivity (Wildman–Crippen MR) is 85.9 cm³/mol. The quantitative estimate of drug-likeness (QED) is 0.884. The van der Waals surface area contributed by atoms with E-state index in [9.17, 15) is 5.11 Å². The fraction of sp³-hybridized carbons (Fsp3) is 0.333. The molecule has 2 aromatic rings. The van der Waals surface area contributed by atoms with Crippen molar-refractivity contribution in [1.29, 1.82) is 0 Å². The summed E-state index contributed by atoms with van der Waals surface area (Å²) < 4.78 is 1.04. The molecule has 2 aromatic carbocycles. The fourth-order valence-electron chi connectivity index (χ4n) is 3.04. The van der Waals surface area contributed by atoms with E-state index in [0.29, 0.717) is 6.42 Å². The van der Waals surface area contributed by atoms with E-state index < -0.39 is 5.60 Å². The molecule has 0 aromatic heterocycles. The second-order valence-electron chi connectivity index (χ2n) is 5.91. The van der Waals surface area contributed by atoms with Crippen LogP contribution in [-0.4, -0.2) is 5.11 Å². The lowest BCUT2D eigenvalue weighted by Gasteiger charge is -2.24. The summed E-state index contributed by atoms with van der Waals surface area (Å²) in [6.45, 7) is 1.89. The van der Waals surface area contributed by atoms with Crippen molar-refractivity contribution in [3.63, 3.8) is 0 Å². The first kappa shape index (κ1) is 13.8. The molecule has 104 valence electrons. The van der Waals surface area contributed by atoms with Gasteiger partial charge in [-0.1, -0.05) is 46.3 Å². The van der Waals surface area contributed by atoms with Crippen molar-refractivity contribution < 1.29 is 5.11 Å². The average molecular weight is 331 g/mol. The average Bonchev–Trinajstić information content (AvgIpc) is 2.86. The summed E-state index contributed by atoms with van der Waals surface area (Å²) in [6.07, 6.45) is 4.31. The molecule has 1 unspecified atom stereocenters. The van der Waals surface area contributed by atoms with Crippen LogP contribution in [0.4, 0.5) is 0 Å². The number of hydrogen-bond acceptors (Lipinski definition) is 1. The molecule has 20 heavy (non-hydrogen) atoms. The minimum Gasteiger partial charge on any atom is -0.385 e. The predicted octanol–water partition coefficient (Wildman–Crippen LogP) is 4.39. The Kier molecular flexibility index (Phi) is 3.70. The van der Waals surface area contributed by atoms with E-state index >= 15 is 0 Å². The maximum atomic E-state index is 10.8. The third-order valence-corrected chi connectivity index (χ3v) is 4.71. The van der Waals surface area contributed by atoms with Gasteiger partial charge in [-0.2, -0.15) is 0 Å². The number of fused-ring (bicyclic) bond motifs is 1. The van der Waals surface area contributed by atoms with Crippen LogP contribution in [0.25, 0.3) is 0 Å². The van der Waals surface area contributed by atoms with Crippen LogP contribution < -0.4 is 0 Å². The Morgan fingerprint density at radius 1 is 1.05 bits per heavy atom. The number of aliphatic hydroxyl groups is 1. The monoisotopic (exact) mass is 330 g/mol. The van der Waals surface area contributed by atoms with E-state index in [2.05, 4.69) is 34.1 Å². The lowest BCUT2D eigenvalue weighted by Crippen LogP contribution is -2.24. The Bertz CT molecular complexity index is 614. The molecule has 2 heteroatoms. The summed E-state index contributed by atoms with van der Waals surface area (Å²) in [7, 11) is 0. The van der Waals surface area contributed by atoms with Crippen molar-refractivity contribution in [2.45, 2.75) is 38.2 Å². The van der Waals surface area contributed by atoms with Gasteiger partial charge in [-0.3, -0.25) is 0 Å². The SMILES string of the molecule is CC(O)(Cc1ccc2c(c1)CCC2)c1ccc(Br)cc1. The van der Waals surface area contributed by atoms with Gasteiger partial charge in [0, 0.05) is 10.9 Å². The molecule has 0 saturated carbocycles. The first-order valence-electron chi connectivity index (χ1n) is 7.14. The van der Waals surface area contributed by atoms with Gasteiger partial charge in [0.25, 0.3) is 0 Å². The van der Waals surface area contributed by atoms with Crippen molar-refractivity contribution in [3.05, 3.63) is 69.2 Å². The summed E-state index contributed by atoms with van der Waals surface area (Å²) >= 11 is 3.43. The molecular formula is C18H19BrO. The van der Waals surface area contributed by atoms with Gasteiger partial charge >= 0.3 is 0 Å². The van der Waals surface area contributed by atoms with Gasteiger partial charge in [0.15, 0.2) is 0 Å². The van der Waals surface area contributed by atoms with E-state index in [1.165, 1.54) is 36.0 Å². The van der Waals surface area contributed by atoms with Crippen molar-refractivity contribution in [2.75, 3.05) is 0 Å². The molecule has 0 amide bonds. The van der Waals surface area contributed by atoms with Crippen molar-refractivity contribution in [1.82, 2.24) is 0 Å². The number of rotatable bonds is 3. The van der Waals surface area contributed by atoms with Crippen LogP contribution in [0.1, 0.15) is 35.6 Å². The maximum Gasteiger partial charge on any atom is 0.0908 e. The van der Waals surface area contributed by atoms with Crippen LogP contribution in [0.3, 0.4) is 0 Å². The highest BCUT2D eigenvalue weighted by Gasteiger charge is 2.24. The number of hydrogen-bond donors (Lipinski definition) is 1. The highest BCUT2D eigenvalue weighted by molar-refractivity contribution is 9.10. The normalized spacial score (nSPS) is 16.8. The molecule has 1 aliphatic carbocycles. The van der Waals surface area contributed by atoms with E-state index in [1.54, 1.807) is 0 Å². The van der Waals surface area contributed by atoms with Gasteiger partial charge in [0.1, 0.15) is 0 Å². The molecule has 1 nitrogen and oxygen atoms in total. The molecule has 3 rings (SSSR count). The fourth-order valence-corrected chi connectivity index (χ4v) is 3.31. The maximum absolute atomic E-state index is 10.8. The zero-order valence-electron chi connectivity index (χ0n) is 11.7. The topological polar surface area (TPSA) is 20.2 Å². The van der Waals surface area contributed by atoms with E-state index in [4.69, 9.17) is 0 Å². The molecule has 0 spiro atoms. The lowest BCUT2D eigenvalue weighted by molar-refractivity contribution is 0.0576. The summed E-state index contributed by atoms with van der Waals surface area (Å²) in [5, 5.41) is 10.8. The van der Waals surface area contributed by atoms with Gasteiger partial charge < -0.3 is 5.11 Å². The Balaban J connectivity index is 1.84. The standard InChI is InChI=1S/C18H19BrO/c1-18(20,16-7-9-17(19)10-8-16)12-13-5-6-14-3-2-4-15(14)11-13/h5-11,20H,2-4,12H2,1H3.